The molecule has 1 amide bonds. The predicted molar refractivity (Wildman–Crippen MR) is 151 cm³/mol. The third-order valence-corrected chi connectivity index (χ3v) is 7.92. The van der Waals surface area contributed by atoms with Crippen molar-refractivity contribution in [2.75, 3.05) is 46.6 Å². The zero-order valence-corrected chi connectivity index (χ0v) is 23.6. The van der Waals surface area contributed by atoms with Gasteiger partial charge in [0.1, 0.15) is 0 Å². The number of rotatable bonds is 15. The van der Waals surface area contributed by atoms with E-state index >= 15 is 0 Å². The van der Waals surface area contributed by atoms with Gasteiger partial charge >= 0.3 is 5.97 Å². The number of benzene rings is 1. The first-order valence-electron chi connectivity index (χ1n) is 14.3. The van der Waals surface area contributed by atoms with E-state index in [0.29, 0.717) is 56.3 Å². The second kappa shape index (κ2) is 14.3. The van der Waals surface area contributed by atoms with Crippen LogP contribution in [0.1, 0.15) is 56.2 Å². The van der Waals surface area contributed by atoms with Crippen molar-refractivity contribution in [2.45, 2.75) is 57.4 Å². The lowest BCUT2D eigenvalue weighted by molar-refractivity contribution is -0.143. The van der Waals surface area contributed by atoms with Crippen LogP contribution < -0.4 is 19.9 Å². The second-order valence-corrected chi connectivity index (χ2v) is 10.5. The molecule has 0 aliphatic carbocycles. The number of pyridine rings is 1. The topological polar surface area (TPSA) is 127 Å². The number of carbonyl (C=O) groups excluding carboxylic acids is 1. The van der Waals surface area contributed by atoms with Gasteiger partial charge in [-0.05, 0) is 68.5 Å². The molecule has 2 aliphatic heterocycles. The van der Waals surface area contributed by atoms with Gasteiger partial charge in [0.15, 0.2) is 11.5 Å². The SMILES string of the molecule is CCCCN(CCCCN)C(=O)CN1C[C@H](c2cc(OC)c3c(c2)OCO3)[C@@H](C(=O)O)[C@@H]1CCc1ccccn1. The summed E-state index contributed by atoms with van der Waals surface area (Å²) in [4.78, 5) is 34.9. The number of nitrogens with zero attached hydrogens (tertiary/aromatic N) is 3. The highest BCUT2D eigenvalue weighted by Crippen LogP contribution is 2.47. The number of carbonyl (C=O) groups is 2. The summed E-state index contributed by atoms with van der Waals surface area (Å²) in [5.74, 6) is -0.344. The molecule has 4 rings (SSSR count). The lowest BCUT2D eigenvalue weighted by Crippen LogP contribution is -2.45. The molecule has 2 aliphatic rings. The fraction of sp³-hybridized carbons (Fsp3) is 0.567. The number of fused-ring (bicyclic) bond motifs is 1. The number of methoxy groups -OCH3 is 1. The Labute approximate surface area is 236 Å². The highest BCUT2D eigenvalue weighted by Gasteiger charge is 2.47. The highest BCUT2D eigenvalue weighted by molar-refractivity contribution is 5.79. The van der Waals surface area contributed by atoms with Gasteiger partial charge in [-0.25, -0.2) is 0 Å². The number of nitrogens with two attached hydrogens (primary N) is 1. The lowest BCUT2D eigenvalue weighted by Gasteiger charge is -2.29. The summed E-state index contributed by atoms with van der Waals surface area (Å²) < 4.78 is 16.7. The van der Waals surface area contributed by atoms with Crippen molar-refractivity contribution in [3.05, 3.63) is 47.8 Å². The number of carboxylic acids is 1. The van der Waals surface area contributed by atoms with Crippen LogP contribution >= 0.6 is 0 Å². The van der Waals surface area contributed by atoms with Crippen LogP contribution in [0.2, 0.25) is 0 Å². The number of hydrogen-bond acceptors (Lipinski definition) is 8. The molecule has 0 radical (unpaired) electrons. The monoisotopic (exact) mass is 554 g/mol. The third kappa shape index (κ3) is 7.03. The summed E-state index contributed by atoms with van der Waals surface area (Å²) in [6.07, 6.45) is 6.57. The molecule has 40 heavy (non-hydrogen) atoms. The van der Waals surface area contributed by atoms with Gasteiger partial charge in [0.05, 0.1) is 19.6 Å². The van der Waals surface area contributed by atoms with Crippen molar-refractivity contribution in [1.29, 1.82) is 0 Å². The fourth-order valence-electron chi connectivity index (χ4n) is 5.83. The number of aliphatic carboxylic acids is 1. The average molecular weight is 555 g/mol. The molecular formula is C30H42N4O6. The predicted octanol–water partition coefficient (Wildman–Crippen LogP) is 3.29. The zero-order valence-electron chi connectivity index (χ0n) is 23.6. The van der Waals surface area contributed by atoms with Crippen LogP contribution in [0.3, 0.4) is 0 Å². The normalized spacial score (nSPS) is 20.0. The Balaban J connectivity index is 1.62. The molecule has 0 unspecified atom stereocenters. The number of aryl methyl sites for hydroxylation is 1. The van der Waals surface area contributed by atoms with Crippen LogP contribution in [0.15, 0.2) is 36.5 Å². The van der Waals surface area contributed by atoms with Crippen LogP contribution in [-0.4, -0.2) is 84.4 Å². The minimum Gasteiger partial charge on any atom is -0.493 e. The molecule has 10 nitrogen and oxygen atoms in total. The van der Waals surface area contributed by atoms with Crippen LogP contribution in [-0.2, 0) is 16.0 Å². The van der Waals surface area contributed by atoms with E-state index in [1.807, 2.05) is 35.2 Å². The van der Waals surface area contributed by atoms with Gasteiger partial charge < -0.3 is 30.0 Å². The number of amides is 1. The maximum atomic E-state index is 13.6. The van der Waals surface area contributed by atoms with Gasteiger partial charge in [0.2, 0.25) is 18.4 Å². The Morgan fingerprint density at radius 3 is 2.73 bits per heavy atom. The number of likely N-dealkylation sites (tertiary alicyclic amines) is 1. The Bertz CT molecular complexity index is 1130. The Morgan fingerprint density at radius 1 is 1.20 bits per heavy atom. The Kier molecular flexibility index (Phi) is 10.6. The number of aromatic nitrogens is 1. The zero-order chi connectivity index (χ0) is 28.5. The molecule has 3 heterocycles. The molecule has 0 saturated carbocycles. The number of unbranched alkanes of at least 4 members (excludes halogenated alkanes) is 2. The largest absolute Gasteiger partial charge is 0.493 e. The van der Waals surface area contributed by atoms with Gasteiger partial charge in [-0.15, -0.1) is 0 Å². The third-order valence-electron chi connectivity index (χ3n) is 7.92. The second-order valence-electron chi connectivity index (χ2n) is 10.5. The maximum Gasteiger partial charge on any atom is 0.308 e. The molecule has 1 aromatic heterocycles. The van der Waals surface area contributed by atoms with Gasteiger partial charge in [-0.1, -0.05) is 19.4 Å². The summed E-state index contributed by atoms with van der Waals surface area (Å²) in [7, 11) is 1.56. The maximum absolute atomic E-state index is 13.6. The van der Waals surface area contributed by atoms with Gasteiger partial charge in [0.25, 0.3) is 0 Å². The smallest absolute Gasteiger partial charge is 0.308 e. The van der Waals surface area contributed by atoms with Gasteiger partial charge in [-0.3, -0.25) is 19.5 Å². The van der Waals surface area contributed by atoms with E-state index in [1.54, 1.807) is 13.3 Å². The van der Waals surface area contributed by atoms with E-state index in [1.165, 1.54) is 0 Å². The minimum atomic E-state index is -0.881. The summed E-state index contributed by atoms with van der Waals surface area (Å²) in [5.41, 5.74) is 7.40. The van der Waals surface area contributed by atoms with Crippen molar-refractivity contribution < 1.29 is 28.9 Å². The van der Waals surface area contributed by atoms with Crippen LogP contribution in [0.25, 0.3) is 0 Å². The van der Waals surface area contributed by atoms with Crippen molar-refractivity contribution in [1.82, 2.24) is 14.8 Å². The molecule has 0 spiro atoms. The quantitative estimate of drug-likeness (QED) is 0.319. The fourth-order valence-corrected chi connectivity index (χ4v) is 5.83. The average Bonchev–Trinajstić information content (AvgIpc) is 3.58. The molecule has 1 aromatic carbocycles. The highest BCUT2D eigenvalue weighted by atomic mass is 16.7. The molecule has 3 N–H and O–H groups in total. The first-order valence-corrected chi connectivity index (χ1v) is 14.3. The van der Waals surface area contributed by atoms with E-state index < -0.39 is 11.9 Å². The van der Waals surface area contributed by atoms with Crippen molar-refractivity contribution >= 4 is 11.9 Å². The molecular weight excluding hydrogens is 512 g/mol. The molecule has 0 bridgehead atoms. The summed E-state index contributed by atoms with van der Waals surface area (Å²) in [5, 5.41) is 10.5. The molecule has 1 saturated heterocycles. The van der Waals surface area contributed by atoms with E-state index in [-0.39, 0.29) is 31.2 Å². The van der Waals surface area contributed by atoms with Gasteiger partial charge in [-0.2, -0.15) is 0 Å². The van der Waals surface area contributed by atoms with Crippen LogP contribution in [0.5, 0.6) is 17.2 Å². The first-order chi connectivity index (χ1) is 19.5. The van der Waals surface area contributed by atoms with E-state index in [4.69, 9.17) is 19.9 Å². The van der Waals surface area contributed by atoms with Crippen molar-refractivity contribution in [3.63, 3.8) is 0 Å². The van der Waals surface area contributed by atoms with E-state index in [0.717, 1.165) is 36.9 Å². The van der Waals surface area contributed by atoms with Crippen LogP contribution in [0.4, 0.5) is 0 Å². The van der Waals surface area contributed by atoms with Crippen LogP contribution in [0, 0.1) is 5.92 Å². The van der Waals surface area contributed by atoms with Crippen molar-refractivity contribution in [3.8, 4) is 17.2 Å². The molecule has 218 valence electrons. The van der Waals surface area contributed by atoms with Crippen molar-refractivity contribution in [2.24, 2.45) is 11.7 Å². The number of hydrogen-bond donors (Lipinski definition) is 2. The molecule has 3 atom stereocenters. The Morgan fingerprint density at radius 2 is 2.02 bits per heavy atom. The Hall–Kier alpha value is -3.37. The summed E-state index contributed by atoms with van der Waals surface area (Å²) in [6, 6.07) is 9.10. The molecule has 10 heteroatoms. The standard InChI is InChI=1S/C30H42N4O6/c1-3-4-14-33(15-8-6-12-31)27(35)19-34-18-23(21-16-25(38-2)29-26(17-21)39-20-40-29)28(30(36)37)24(34)11-10-22-9-5-7-13-32-22/h5,7,9,13,16-17,23-24,28H,3-4,6,8,10-12,14-15,18-20,31H2,1-2H3,(H,36,37)/t23-,24+,28-/m1/s1. The number of ether oxygens (including phenoxy) is 3. The summed E-state index contributed by atoms with van der Waals surface area (Å²) >= 11 is 0. The lowest BCUT2D eigenvalue weighted by atomic mass is 9.83. The summed E-state index contributed by atoms with van der Waals surface area (Å²) in [6.45, 7) is 4.75. The minimum absolute atomic E-state index is 0.0290. The number of carboxylic acid groups (broad SMARTS) is 1. The van der Waals surface area contributed by atoms with E-state index in [2.05, 4.69) is 16.8 Å². The van der Waals surface area contributed by atoms with Gasteiger partial charge in [0, 0.05) is 43.5 Å². The first kappa shape index (κ1) is 29.6. The molecule has 1 fully saturated rings. The van der Waals surface area contributed by atoms with E-state index in [9.17, 15) is 14.7 Å². The molecule has 2 aromatic rings.